The molecule has 0 atom stereocenters. The molecule has 1 aromatic carbocycles. The van der Waals surface area contributed by atoms with Gasteiger partial charge >= 0.3 is 6.03 Å². The number of anilines is 1. The second-order valence-corrected chi connectivity index (χ2v) is 7.63. The smallest absolute Gasteiger partial charge is 0.317 e. The van der Waals surface area contributed by atoms with Crippen molar-refractivity contribution in [2.75, 3.05) is 31.1 Å². The third-order valence-corrected chi connectivity index (χ3v) is 5.81. The lowest BCUT2D eigenvalue weighted by atomic mass is 10.2. The molecule has 1 aliphatic heterocycles. The molecule has 7 heteroatoms. The summed E-state index contributed by atoms with van der Waals surface area (Å²) in [7, 11) is 0. The molecular formula is C16H17BrClN3OS. The van der Waals surface area contributed by atoms with E-state index >= 15 is 0 Å². The number of thiophene rings is 1. The van der Waals surface area contributed by atoms with E-state index in [-0.39, 0.29) is 6.03 Å². The molecule has 4 nitrogen and oxygen atoms in total. The molecule has 1 saturated heterocycles. The van der Waals surface area contributed by atoms with E-state index in [0.717, 1.165) is 33.1 Å². The fourth-order valence-electron chi connectivity index (χ4n) is 2.58. The number of para-hydroxylation sites is 1. The Morgan fingerprint density at radius 1 is 1.26 bits per heavy atom. The lowest BCUT2D eigenvalue weighted by molar-refractivity contribution is 0.194. The van der Waals surface area contributed by atoms with Crippen LogP contribution in [-0.2, 0) is 6.54 Å². The van der Waals surface area contributed by atoms with Crippen LogP contribution in [0.25, 0.3) is 0 Å². The summed E-state index contributed by atoms with van der Waals surface area (Å²) in [4.78, 5) is 17.5. The van der Waals surface area contributed by atoms with Crippen LogP contribution in [-0.4, -0.2) is 37.1 Å². The van der Waals surface area contributed by atoms with Crippen molar-refractivity contribution in [3.05, 3.63) is 50.1 Å². The normalized spacial score (nSPS) is 14.9. The van der Waals surface area contributed by atoms with Crippen molar-refractivity contribution in [1.29, 1.82) is 0 Å². The van der Waals surface area contributed by atoms with Gasteiger partial charge in [0, 0.05) is 40.9 Å². The highest BCUT2D eigenvalue weighted by molar-refractivity contribution is 9.10. The Bertz CT molecular complexity index is 685. The molecule has 2 aromatic rings. The average molecular weight is 415 g/mol. The average Bonchev–Trinajstić information content (AvgIpc) is 2.99. The molecule has 1 aromatic heterocycles. The van der Waals surface area contributed by atoms with Crippen molar-refractivity contribution >= 4 is 50.6 Å². The number of nitrogens with one attached hydrogen (secondary N) is 1. The van der Waals surface area contributed by atoms with Crippen molar-refractivity contribution in [3.63, 3.8) is 0 Å². The molecule has 3 rings (SSSR count). The summed E-state index contributed by atoms with van der Waals surface area (Å²) in [6.45, 7) is 3.56. The molecule has 0 saturated carbocycles. The zero-order valence-electron chi connectivity index (χ0n) is 12.5. The lowest BCUT2D eigenvalue weighted by Gasteiger charge is -2.36. The van der Waals surface area contributed by atoms with Gasteiger partial charge in [-0.15, -0.1) is 11.3 Å². The number of piperazine rings is 1. The molecular weight excluding hydrogens is 398 g/mol. The predicted octanol–water partition coefficient (Wildman–Crippen LogP) is 4.20. The molecule has 1 N–H and O–H groups in total. The highest BCUT2D eigenvalue weighted by Crippen LogP contribution is 2.26. The molecule has 2 amide bonds. The molecule has 0 unspecified atom stereocenters. The summed E-state index contributed by atoms with van der Waals surface area (Å²) in [6, 6.07) is 9.85. The maximum Gasteiger partial charge on any atom is 0.317 e. The number of urea groups is 1. The largest absolute Gasteiger partial charge is 0.367 e. The van der Waals surface area contributed by atoms with Gasteiger partial charge in [-0.2, -0.15) is 0 Å². The first-order chi connectivity index (χ1) is 11.1. The summed E-state index contributed by atoms with van der Waals surface area (Å²) < 4.78 is 1.06. The Morgan fingerprint density at radius 2 is 2.00 bits per heavy atom. The molecule has 23 heavy (non-hydrogen) atoms. The molecule has 0 aliphatic carbocycles. The van der Waals surface area contributed by atoms with Gasteiger partial charge < -0.3 is 15.1 Å². The number of hydrogen-bond donors (Lipinski definition) is 1. The van der Waals surface area contributed by atoms with Crippen LogP contribution in [0.4, 0.5) is 10.5 Å². The summed E-state index contributed by atoms with van der Waals surface area (Å²) in [6.07, 6.45) is 0. The van der Waals surface area contributed by atoms with E-state index in [1.54, 1.807) is 11.3 Å². The van der Waals surface area contributed by atoms with Crippen LogP contribution in [0.5, 0.6) is 0 Å². The topological polar surface area (TPSA) is 35.6 Å². The first kappa shape index (κ1) is 16.6. The monoisotopic (exact) mass is 413 g/mol. The second kappa shape index (κ2) is 7.55. The van der Waals surface area contributed by atoms with Gasteiger partial charge in [-0.1, -0.05) is 23.7 Å². The van der Waals surface area contributed by atoms with E-state index in [1.807, 2.05) is 40.6 Å². The number of nitrogens with zero attached hydrogens (tertiary/aromatic N) is 2. The van der Waals surface area contributed by atoms with Crippen LogP contribution in [0, 0.1) is 0 Å². The van der Waals surface area contributed by atoms with E-state index in [4.69, 9.17) is 11.6 Å². The number of rotatable bonds is 3. The SMILES string of the molecule is O=C(NCc1cc(Br)cs1)N1CCN(c2ccccc2Cl)CC1. The van der Waals surface area contributed by atoms with Crippen molar-refractivity contribution in [2.24, 2.45) is 0 Å². The summed E-state index contributed by atoms with van der Waals surface area (Å²) in [5, 5.41) is 5.76. The van der Waals surface area contributed by atoms with Crippen molar-refractivity contribution in [1.82, 2.24) is 10.2 Å². The van der Waals surface area contributed by atoms with Gasteiger partial charge in [0.1, 0.15) is 0 Å². The Morgan fingerprint density at radius 3 is 2.65 bits per heavy atom. The standard InChI is InChI=1S/C16H17BrClN3OS/c17-12-9-13(23-11-12)10-19-16(22)21-7-5-20(6-8-21)15-4-2-1-3-14(15)18/h1-4,9,11H,5-8,10H2,(H,19,22). The molecule has 1 aliphatic rings. The number of amides is 2. The first-order valence-electron chi connectivity index (χ1n) is 7.38. The van der Waals surface area contributed by atoms with Gasteiger partial charge in [-0.3, -0.25) is 0 Å². The zero-order chi connectivity index (χ0) is 16.2. The van der Waals surface area contributed by atoms with E-state index in [1.165, 1.54) is 0 Å². The minimum absolute atomic E-state index is 0.00617. The minimum atomic E-state index is -0.00617. The predicted molar refractivity (Wildman–Crippen MR) is 99.5 cm³/mol. The maximum absolute atomic E-state index is 12.3. The molecule has 2 heterocycles. The number of carbonyl (C=O) groups excluding carboxylic acids is 1. The quantitative estimate of drug-likeness (QED) is 0.817. The number of halogens is 2. The molecule has 0 spiro atoms. The van der Waals surface area contributed by atoms with Gasteiger partial charge in [0.05, 0.1) is 17.3 Å². The summed E-state index contributed by atoms with van der Waals surface area (Å²) in [5.74, 6) is 0. The van der Waals surface area contributed by atoms with E-state index in [9.17, 15) is 4.79 Å². The molecule has 1 fully saturated rings. The maximum atomic E-state index is 12.3. The summed E-state index contributed by atoms with van der Waals surface area (Å²) >= 11 is 11.3. The highest BCUT2D eigenvalue weighted by Gasteiger charge is 2.22. The van der Waals surface area contributed by atoms with Crippen molar-refractivity contribution in [2.45, 2.75) is 6.54 Å². The van der Waals surface area contributed by atoms with E-state index in [0.29, 0.717) is 19.6 Å². The van der Waals surface area contributed by atoms with Crippen molar-refractivity contribution in [3.8, 4) is 0 Å². The molecule has 0 radical (unpaired) electrons. The number of hydrogen-bond acceptors (Lipinski definition) is 3. The van der Waals surface area contributed by atoms with Gasteiger partial charge in [-0.05, 0) is 34.1 Å². The minimum Gasteiger partial charge on any atom is -0.367 e. The van der Waals surface area contributed by atoms with Gasteiger partial charge in [0.25, 0.3) is 0 Å². The van der Waals surface area contributed by atoms with Crippen LogP contribution in [0.1, 0.15) is 4.88 Å². The zero-order valence-corrected chi connectivity index (χ0v) is 15.6. The van der Waals surface area contributed by atoms with Crippen LogP contribution in [0.2, 0.25) is 5.02 Å². The Kier molecular flexibility index (Phi) is 5.46. The van der Waals surface area contributed by atoms with Crippen LogP contribution >= 0.6 is 38.9 Å². The van der Waals surface area contributed by atoms with E-state index < -0.39 is 0 Å². The third kappa shape index (κ3) is 4.19. The summed E-state index contributed by atoms with van der Waals surface area (Å²) in [5.41, 5.74) is 1.04. The fraction of sp³-hybridized carbons (Fsp3) is 0.312. The third-order valence-electron chi connectivity index (χ3n) is 3.80. The second-order valence-electron chi connectivity index (χ2n) is 5.32. The van der Waals surface area contributed by atoms with Crippen LogP contribution in [0.15, 0.2) is 40.2 Å². The van der Waals surface area contributed by atoms with Crippen molar-refractivity contribution < 1.29 is 4.79 Å². The Hall–Kier alpha value is -1.24. The Labute approximate surface area is 153 Å². The molecule has 122 valence electrons. The number of carbonyl (C=O) groups is 1. The van der Waals surface area contributed by atoms with E-state index in [2.05, 4.69) is 26.1 Å². The highest BCUT2D eigenvalue weighted by atomic mass is 79.9. The number of benzene rings is 1. The Balaban J connectivity index is 1.50. The molecule has 0 bridgehead atoms. The van der Waals surface area contributed by atoms with Crippen LogP contribution in [0.3, 0.4) is 0 Å². The lowest BCUT2D eigenvalue weighted by Crippen LogP contribution is -2.51. The fourth-order valence-corrected chi connectivity index (χ4v) is 4.23. The van der Waals surface area contributed by atoms with Gasteiger partial charge in [-0.25, -0.2) is 4.79 Å². The van der Waals surface area contributed by atoms with Gasteiger partial charge in [0.2, 0.25) is 0 Å². The van der Waals surface area contributed by atoms with Gasteiger partial charge in [0.15, 0.2) is 0 Å². The first-order valence-corrected chi connectivity index (χ1v) is 9.44. The van der Waals surface area contributed by atoms with Crippen LogP contribution < -0.4 is 10.2 Å².